The van der Waals surface area contributed by atoms with Crippen LogP contribution in [0.15, 0.2) is 35.4 Å². The van der Waals surface area contributed by atoms with E-state index in [1.165, 1.54) is 26.9 Å². The van der Waals surface area contributed by atoms with E-state index in [9.17, 15) is 9.59 Å². The van der Waals surface area contributed by atoms with Crippen molar-refractivity contribution in [2.75, 3.05) is 5.32 Å². The highest BCUT2D eigenvalue weighted by atomic mass is 32.1. The van der Waals surface area contributed by atoms with E-state index in [-0.39, 0.29) is 22.3 Å². The third-order valence-corrected chi connectivity index (χ3v) is 5.21. The number of carbonyl (C=O) groups is 1. The van der Waals surface area contributed by atoms with Crippen molar-refractivity contribution in [2.24, 2.45) is 7.05 Å². The van der Waals surface area contributed by atoms with Crippen molar-refractivity contribution in [2.45, 2.75) is 20.3 Å². The summed E-state index contributed by atoms with van der Waals surface area (Å²) >= 11 is 1.30. The van der Waals surface area contributed by atoms with E-state index >= 15 is 0 Å². The van der Waals surface area contributed by atoms with Gasteiger partial charge in [0.25, 0.3) is 11.5 Å². The van der Waals surface area contributed by atoms with Gasteiger partial charge in [0.2, 0.25) is 5.13 Å². The van der Waals surface area contributed by atoms with Crippen molar-refractivity contribution in [1.29, 1.82) is 0 Å². The van der Waals surface area contributed by atoms with Crippen molar-refractivity contribution in [3.8, 4) is 5.69 Å². The average Bonchev–Trinajstić information content (AvgIpc) is 3.30. The number of aromatic nitrogens is 6. The van der Waals surface area contributed by atoms with Gasteiger partial charge in [-0.3, -0.25) is 14.9 Å². The van der Waals surface area contributed by atoms with Crippen LogP contribution in [0.5, 0.6) is 0 Å². The van der Waals surface area contributed by atoms with E-state index in [1.807, 2.05) is 38.1 Å². The van der Waals surface area contributed by atoms with E-state index in [4.69, 9.17) is 0 Å². The summed E-state index contributed by atoms with van der Waals surface area (Å²) < 4.78 is 2.81. The fourth-order valence-electron chi connectivity index (χ4n) is 2.72. The highest BCUT2D eigenvalue weighted by Gasteiger charge is 2.23. The Morgan fingerprint density at radius 1 is 1.21 bits per heavy atom. The Morgan fingerprint density at radius 3 is 2.64 bits per heavy atom. The molecule has 3 aromatic heterocycles. The number of amides is 1. The van der Waals surface area contributed by atoms with E-state index < -0.39 is 5.91 Å². The highest BCUT2D eigenvalue weighted by molar-refractivity contribution is 7.15. The lowest BCUT2D eigenvalue weighted by atomic mass is 10.2. The molecule has 1 aromatic carbocycles. The van der Waals surface area contributed by atoms with Crippen molar-refractivity contribution >= 4 is 33.4 Å². The summed E-state index contributed by atoms with van der Waals surface area (Å²) in [7, 11) is 1.61. The Hall–Kier alpha value is -3.40. The Morgan fingerprint density at radius 2 is 1.96 bits per heavy atom. The summed E-state index contributed by atoms with van der Waals surface area (Å²) in [5, 5.41) is 16.2. The zero-order valence-electron chi connectivity index (χ0n) is 15.5. The summed E-state index contributed by atoms with van der Waals surface area (Å²) in [4.78, 5) is 29.8. The van der Waals surface area contributed by atoms with Crippen LogP contribution in [-0.4, -0.2) is 35.4 Å². The standard InChI is InChI=1S/C18H17N7O2S/c1-4-12-21-22-18(28-12)20-16(26)14-13-15(17(27)24(3)9-19-13)25(23-14)11-7-5-10(2)6-8-11/h5-9H,4H2,1-3H3,(H,20,22,26). The second-order valence-corrected chi connectivity index (χ2v) is 7.32. The van der Waals surface area contributed by atoms with Crippen molar-refractivity contribution < 1.29 is 4.79 Å². The molecule has 0 saturated carbocycles. The summed E-state index contributed by atoms with van der Waals surface area (Å²) in [5.74, 6) is -0.490. The maximum atomic E-state index is 12.8. The zero-order chi connectivity index (χ0) is 19.8. The first kappa shape index (κ1) is 18.0. The number of hydrogen-bond acceptors (Lipinski definition) is 7. The fourth-order valence-corrected chi connectivity index (χ4v) is 3.39. The number of anilines is 1. The summed E-state index contributed by atoms with van der Waals surface area (Å²) in [6, 6.07) is 7.51. The lowest BCUT2D eigenvalue weighted by Crippen LogP contribution is -2.19. The van der Waals surface area contributed by atoms with Crippen LogP contribution in [0.3, 0.4) is 0 Å². The topological polar surface area (TPSA) is 108 Å². The van der Waals surface area contributed by atoms with Gasteiger partial charge in [-0.05, 0) is 25.5 Å². The summed E-state index contributed by atoms with van der Waals surface area (Å²) in [5.41, 5.74) is 1.99. The Balaban J connectivity index is 1.84. The maximum absolute atomic E-state index is 12.8. The number of nitrogens with zero attached hydrogens (tertiary/aromatic N) is 6. The molecule has 4 rings (SSSR count). The fraction of sp³-hybridized carbons (Fsp3) is 0.222. The van der Waals surface area contributed by atoms with Gasteiger partial charge >= 0.3 is 0 Å². The van der Waals surface area contributed by atoms with E-state index in [1.54, 1.807) is 7.05 Å². The van der Waals surface area contributed by atoms with E-state index in [0.29, 0.717) is 10.8 Å². The maximum Gasteiger partial charge on any atom is 0.280 e. The molecule has 0 aliphatic carbocycles. The van der Waals surface area contributed by atoms with E-state index in [0.717, 1.165) is 17.0 Å². The zero-order valence-corrected chi connectivity index (χ0v) is 16.3. The molecule has 3 heterocycles. The predicted octanol–water partition coefficient (Wildman–Crippen LogP) is 2.09. The molecule has 1 amide bonds. The van der Waals surface area contributed by atoms with E-state index in [2.05, 4.69) is 25.6 Å². The predicted molar refractivity (Wildman–Crippen MR) is 106 cm³/mol. The molecule has 0 spiro atoms. The lowest BCUT2D eigenvalue weighted by molar-refractivity contribution is 0.102. The minimum atomic E-state index is -0.490. The lowest BCUT2D eigenvalue weighted by Gasteiger charge is -2.04. The molecule has 1 N–H and O–H groups in total. The molecule has 4 aromatic rings. The van der Waals surface area contributed by atoms with Crippen LogP contribution in [0.1, 0.15) is 28.0 Å². The molecule has 0 fully saturated rings. The number of rotatable bonds is 4. The number of aryl methyl sites for hydroxylation is 3. The molecular weight excluding hydrogens is 378 g/mol. The molecule has 0 atom stereocenters. The second kappa shape index (κ2) is 6.97. The Labute approximate surface area is 163 Å². The van der Waals surface area contributed by atoms with Crippen molar-refractivity contribution in [3.05, 3.63) is 57.2 Å². The number of nitrogens with one attached hydrogen (secondary N) is 1. The quantitative estimate of drug-likeness (QED) is 0.567. The number of carbonyl (C=O) groups excluding carboxylic acids is 1. The molecule has 0 unspecified atom stereocenters. The van der Waals surface area contributed by atoms with Crippen molar-refractivity contribution in [3.63, 3.8) is 0 Å². The Kier molecular flexibility index (Phi) is 4.47. The van der Waals surface area contributed by atoms with Gasteiger partial charge in [-0.15, -0.1) is 10.2 Å². The summed E-state index contributed by atoms with van der Waals surface area (Å²) in [6.07, 6.45) is 2.11. The van der Waals surface area contributed by atoms with Crippen LogP contribution in [0.2, 0.25) is 0 Å². The molecular formula is C18H17N7O2S. The van der Waals surface area contributed by atoms with Gasteiger partial charge in [0, 0.05) is 7.05 Å². The van der Waals surface area contributed by atoms with Crippen LogP contribution in [-0.2, 0) is 13.5 Å². The van der Waals surface area contributed by atoms with Gasteiger partial charge in [0.1, 0.15) is 10.5 Å². The monoisotopic (exact) mass is 395 g/mol. The SMILES string of the molecule is CCc1nnc(NC(=O)c2nn(-c3ccc(C)cc3)c3c(=O)n(C)cnc23)s1. The van der Waals surface area contributed by atoms with Gasteiger partial charge in [0.05, 0.1) is 12.0 Å². The second-order valence-electron chi connectivity index (χ2n) is 6.26. The molecule has 10 heteroatoms. The van der Waals surface area contributed by atoms with Crippen LogP contribution in [0, 0.1) is 6.92 Å². The minimum Gasteiger partial charge on any atom is -0.301 e. The molecule has 0 aliphatic rings. The molecule has 28 heavy (non-hydrogen) atoms. The molecule has 0 radical (unpaired) electrons. The first-order valence-corrected chi connectivity index (χ1v) is 9.44. The molecule has 0 bridgehead atoms. The molecule has 9 nitrogen and oxygen atoms in total. The van der Waals surface area contributed by atoms with Crippen LogP contribution in [0.4, 0.5) is 5.13 Å². The highest BCUT2D eigenvalue weighted by Crippen LogP contribution is 2.21. The van der Waals surface area contributed by atoms with Crippen LogP contribution >= 0.6 is 11.3 Å². The van der Waals surface area contributed by atoms with Gasteiger partial charge in [-0.1, -0.05) is 36.0 Å². The van der Waals surface area contributed by atoms with Gasteiger partial charge in [-0.2, -0.15) is 5.10 Å². The minimum absolute atomic E-state index is 0.0570. The molecule has 0 aliphatic heterocycles. The number of hydrogen-bond donors (Lipinski definition) is 1. The summed E-state index contributed by atoms with van der Waals surface area (Å²) in [6.45, 7) is 3.93. The average molecular weight is 395 g/mol. The third-order valence-electron chi connectivity index (χ3n) is 4.23. The molecule has 142 valence electrons. The number of benzene rings is 1. The van der Waals surface area contributed by atoms with Crippen molar-refractivity contribution in [1.82, 2.24) is 29.5 Å². The van der Waals surface area contributed by atoms with Crippen LogP contribution < -0.4 is 10.9 Å². The normalized spacial score (nSPS) is 11.1. The first-order chi connectivity index (χ1) is 13.5. The first-order valence-electron chi connectivity index (χ1n) is 8.63. The van der Waals surface area contributed by atoms with Crippen LogP contribution in [0.25, 0.3) is 16.7 Å². The molecule has 0 saturated heterocycles. The number of fused-ring (bicyclic) bond motifs is 1. The Bertz CT molecular complexity index is 1240. The third kappa shape index (κ3) is 3.07. The largest absolute Gasteiger partial charge is 0.301 e. The van der Waals surface area contributed by atoms with Gasteiger partial charge in [0.15, 0.2) is 11.2 Å². The van der Waals surface area contributed by atoms with Gasteiger partial charge < -0.3 is 4.57 Å². The smallest absolute Gasteiger partial charge is 0.280 e. The van der Waals surface area contributed by atoms with Gasteiger partial charge in [-0.25, -0.2) is 9.67 Å².